The van der Waals surface area contributed by atoms with Crippen molar-refractivity contribution in [2.45, 2.75) is 32.4 Å². The molecule has 0 unspecified atom stereocenters. The minimum absolute atomic E-state index is 0.117. The molecule has 1 saturated heterocycles. The number of rotatable bonds is 7. The molecule has 29 heavy (non-hydrogen) atoms. The zero-order chi connectivity index (χ0) is 20.6. The molecule has 156 valence electrons. The van der Waals surface area contributed by atoms with Gasteiger partial charge in [0.05, 0.1) is 6.04 Å². The number of hydrogen-bond donors (Lipinski definition) is 3. The summed E-state index contributed by atoms with van der Waals surface area (Å²) in [6.45, 7) is 5.47. The van der Waals surface area contributed by atoms with E-state index in [1.54, 1.807) is 30.5 Å². The van der Waals surface area contributed by atoms with Gasteiger partial charge in [0.15, 0.2) is 0 Å². The first kappa shape index (κ1) is 21.3. The molecule has 0 bridgehead atoms. The molecular weight excluding hydrogens is 384 g/mol. The number of thiophene rings is 1. The largest absolute Gasteiger partial charge is 0.355 e. The summed E-state index contributed by atoms with van der Waals surface area (Å²) in [6.07, 6.45) is 2.42. The predicted molar refractivity (Wildman–Crippen MR) is 117 cm³/mol. The molecule has 1 atom stereocenters. The molecule has 0 aliphatic carbocycles. The maximum Gasteiger partial charge on any atom is 0.315 e. The Balaban J connectivity index is 1.50. The molecule has 1 aromatic heterocycles. The second-order valence-corrected chi connectivity index (χ2v) is 8.57. The summed E-state index contributed by atoms with van der Waals surface area (Å²) < 4.78 is 0. The third kappa shape index (κ3) is 6.05. The van der Waals surface area contributed by atoms with Gasteiger partial charge in [-0.15, -0.1) is 11.3 Å². The lowest BCUT2D eigenvalue weighted by Gasteiger charge is -2.36. The minimum atomic E-state index is -0.174. The molecule has 2 heterocycles. The SMILES string of the molecule is CNC(=O)c1ccc(CNC(=O)NC[C@H](c2cccs2)N2CCC(C)CC2)cc1. The summed E-state index contributed by atoms with van der Waals surface area (Å²) in [5.74, 6) is 0.662. The summed E-state index contributed by atoms with van der Waals surface area (Å²) >= 11 is 1.75. The molecule has 1 aliphatic rings. The van der Waals surface area contributed by atoms with Crippen molar-refractivity contribution in [1.82, 2.24) is 20.9 Å². The van der Waals surface area contributed by atoms with Gasteiger partial charge in [-0.05, 0) is 61.0 Å². The van der Waals surface area contributed by atoms with Crippen LogP contribution in [0.5, 0.6) is 0 Å². The Morgan fingerprint density at radius 2 is 1.86 bits per heavy atom. The van der Waals surface area contributed by atoms with Gasteiger partial charge in [0.1, 0.15) is 0 Å². The number of piperidine rings is 1. The number of nitrogens with zero attached hydrogens (tertiary/aromatic N) is 1. The van der Waals surface area contributed by atoms with Gasteiger partial charge in [-0.3, -0.25) is 9.69 Å². The topological polar surface area (TPSA) is 73.5 Å². The summed E-state index contributed by atoms with van der Waals surface area (Å²) in [7, 11) is 1.61. The molecule has 1 aliphatic heterocycles. The average molecular weight is 415 g/mol. The highest BCUT2D eigenvalue weighted by Crippen LogP contribution is 2.29. The number of urea groups is 1. The fourth-order valence-electron chi connectivity index (χ4n) is 3.58. The van der Waals surface area contributed by atoms with Crippen molar-refractivity contribution < 1.29 is 9.59 Å². The van der Waals surface area contributed by atoms with Crippen molar-refractivity contribution in [2.24, 2.45) is 5.92 Å². The van der Waals surface area contributed by atoms with Crippen LogP contribution in [0.15, 0.2) is 41.8 Å². The van der Waals surface area contributed by atoms with Crippen LogP contribution in [-0.2, 0) is 6.54 Å². The van der Waals surface area contributed by atoms with E-state index in [0.29, 0.717) is 18.7 Å². The van der Waals surface area contributed by atoms with Gasteiger partial charge in [-0.1, -0.05) is 25.1 Å². The first-order chi connectivity index (χ1) is 14.1. The number of hydrogen-bond acceptors (Lipinski definition) is 4. The predicted octanol–water partition coefficient (Wildman–Crippen LogP) is 3.38. The van der Waals surface area contributed by atoms with Crippen molar-refractivity contribution in [3.8, 4) is 0 Å². The summed E-state index contributed by atoms with van der Waals surface area (Å²) in [6, 6.07) is 11.5. The normalized spacial score (nSPS) is 16.2. The van der Waals surface area contributed by atoms with E-state index < -0.39 is 0 Å². The van der Waals surface area contributed by atoms with Gasteiger partial charge in [0, 0.05) is 30.6 Å². The lowest BCUT2D eigenvalue weighted by Crippen LogP contribution is -2.44. The van der Waals surface area contributed by atoms with Crippen molar-refractivity contribution in [3.63, 3.8) is 0 Å². The standard InChI is InChI=1S/C22H30N4O2S/c1-16-9-11-26(12-10-16)19(20-4-3-13-29-20)15-25-22(28)24-14-17-5-7-18(8-6-17)21(27)23-2/h3-8,13,16,19H,9-12,14-15H2,1-2H3,(H,23,27)(H2,24,25,28)/t19-/m1/s1. The summed E-state index contributed by atoms with van der Waals surface area (Å²) in [4.78, 5) is 27.7. The first-order valence-corrected chi connectivity index (χ1v) is 11.0. The Morgan fingerprint density at radius 3 is 2.48 bits per heavy atom. The number of nitrogens with one attached hydrogen (secondary N) is 3. The van der Waals surface area contributed by atoms with Crippen LogP contribution in [0.1, 0.15) is 46.6 Å². The molecule has 0 saturated carbocycles. The molecule has 3 amide bonds. The van der Waals surface area contributed by atoms with Crippen LogP contribution < -0.4 is 16.0 Å². The van der Waals surface area contributed by atoms with Crippen LogP contribution in [0.25, 0.3) is 0 Å². The highest BCUT2D eigenvalue weighted by molar-refractivity contribution is 7.10. The highest BCUT2D eigenvalue weighted by Gasteiger charge is 2.25. The molecule has 3 rings (SSSR count). The Labute approximate surface area is 176 Å². The van der Waals surface area contributed by atoms with E-state index >= 15 is 0 Å². The van der Waals surface area contributed by atoms with E-state index in [-0.39, 0.29) is 18.0 Å². The molecule has 0 radical (unpaired) electrons. The van der Waals surface area contributed by atoms with Crippen LogP contribution in [0.4, 0.5) is 4.79 Å². The monoisotopic (exact) mass is 414 g/mol. The van der Waals surface area contributed by atoms with E-state index in [1.807, 2.05) is 12.1 Å². The highest BCUT2D eigenvalue weighted by atomic mass is 32.1. The molecule has 1 aromatic carbocycles. The number of likely N-dealkylation sites (tertiary alicyclic amines) is 1. The number of benzene rings is 1. The fourth-order valence-corrected chi connectivity index (χ4v) is 4.44. The average Bonchev–Trinajstić information content (AvgIpc) is 3.28. The van der Waals surface area contributed by atoms with E-state index in [1.165, 1.54) is 17.7 Å². The van der Waals surface area contributed by atoms with Crippen molar-refractivity contribution >= 4 is 23.3 Å². The Bertz CT molecular complexity index is 784. The maximum atomic E-state index is 12.3. The second-order valence-electron chi connectivity index (χ2n) is 7.59. The molecule has 1 fully saturated rings. The fraction of sp³-hybridized carbons (Fsp3) is 0.455. The quantitative estimate of drug-likeness (QED) is 0.650. The number of amides is 3. The third-order valence-corrected chi connectivity index (χ3v) is 6.46. The number of carbonyl (C=O) groups excluding carboxylic acids is 2. The van der Waals surface area contributed by atoms with Crippen LogP contribution in [0.2, 0.25) is 0 Å². The zero-order valence-electron chi connectivity index (χ0n) is 17.1. The molecule has 7 heteroatoms. The summed E-state index contributed by atoms with van der Waals surface area (Å²) in [5.41, 5.74) is 1.56. The van der Waals surface area contributed by atoms with Crippen LogP contribution in [-0.4, -0.2) is 43.5 Å². The Morgan fingerprint density at radius 1 is 1.14 bits per heavy atom. The van der Waals surface area contributed by atoms with Crippen LogP contribution in [0.3, 0.4) is 0 Å². The van der Waals surface area contributed by atoms with Crippen LogP contribution in [0, 0.1) is 5.92 Å². The minimum Gasteiger partial charge on any atom is -0.355 e. The van der Waals surface area contributed by atoms with Crippen LogP contribution >= 0.6 is 11.3 Å². The molecular formula is C22H30N4O2S. The van der Waals surface area contributed by atoms with E-state index in [4.69, 9.17) is 0 Å². The molecule has 0 spiro atoms. The van der Waals surface area contributed by atoms with Gasteiger partial charge < -0.3 is 16.0 Å². The van der Waals surface area contributed by atoms with Crippen molar-refractivity contribution in [2.75, 3.05) is 26.7 Å². The van der Waals surface area contributed by atoms with Gasteiger partial charge in [-0.2, -0.15) is 0 Å². The smallest absolute Gasteiger partial charge is 0.315 e. The van der Waals surface area contributed by atoms with Gasteiger partial charge in [-0.25, -0.2) is 4.79 Å². The van der Waals surface area contributed by atoms with E-state index in [0.717, 1.165) is 24.6 Å². The Kier molecular flexibility index (Phi) is 7.66. The molecule has 2 aromatic rings. The second kappa shape index (κ2) is 10.4. The lowest BCUT2D eigenvalue weighted by atomic mass is 9.97. The molecule has 6 nitrogen and oxygen atoms in total. The molecule has 3 N–H and O–H groups in total. The zero-order valence-corrected chi connectivity index (χ0v) is 17.9. The Hall–Kier alpha value is -2.38. The van der Waals surface area contributed by atoms with Crippen molar-refractivity contribution in [3.05, 3.63) is 57.8 Å². The van der Waals surface area contributed by atoms with E-state index in [2.05, 4.69) is 45.3 Å². The lowest BCUT2D eigenvalue weighted by molar-refractivity contribution is 0.0963. The van der Waals surface area contributed by atoms with Gasteiger partial charge in [0.2, 0.25) is 0 Å². The first-order valence-electron chi connectivity index (χ1n) is 10.2. The maximum absolute atomic E-state index is 12.3. The third-order valence-electron chi connectivity index (χ3n) is 5.48. The number of carbonyl (C=O) groups is 2. The van der Waals surface area contributed by atoms with Gasteiger partial charge >= 0.3 is 6.03 Å². The van der Waals surface area contributed by atoms with Crippen molar-refractivity contribution in [1.29, 1.82) is 0 Å². The summed E-state index contributed by atoms with van der Waals surface area (Å²) in [5, 5.41) is 10.6. The van der Waals surface area contributed by atoms with E-state index in [9.17, 15) is 9.59 Å². The van der Waals surface area contributed by atoms with Gasteiger partial charge in [0.25, 0.3) is 5.91 Å².